The molecule has 1 aromatic carbocycles. The zero-order chi connectivity index (χ0) is 14.6. The maximum absolute atomic E-state index is 11.1. The number of esters is 1. The van der Waals surface area contributed by atoms with Crippen LogP contribution in [0.2, 0.25) is 0 Å². The number of hydrogen-bond donors (Lipinski definition) is 1. The fraction of sp³-hybridized carbons (Fsp3) is 0.471. The summed E-state index contributed by atoms with van der Waals surface area (Å²) in [7, 11) is 0. The number of unbranched alkanes of at least 4 members (excludes halogenated alkanes) is 4. The van der Waals surface area contributed by atoms with Gasteiger partial charge in [0.05, 0.1) is 6.61 Å². The normalized spacial score (nSPS) is 10.1. The van der Waals surface area contributed by atoms with Crippen LogP contribution in [0.5, 0.6) is 0 Å². The largest absolute Gasteiger partial charge is 0.462 e. The Morgan fingerprint density at radius 3 is 2.45 bits per heavy atom. The molecule has 1 aromatic rings. The molecule has 0 spiro atoms. The molecule has 0 unspecified atom stereocenters. The molecule has 0 saturated carbocycles. The molecule has 0 saturated heterocycles. The number of nitrogens with one attached hydrogen (secondary N) is 1. The van der Waals surface area contributed by atoms with Crippen LogP contribution in [0.25, 0.3) is 0 Å². The van der Waals surface area contributed by atoms with E-state index in [0.29, 0.717) is 12.2 Å². The second kappa shape index (κ2) is 10.1. The summed E-state index contributed by atoms with van der Waals surface area (Å²) in [6.07, 6.45) is 5.59. The predicted octanol–water partition coefficient (Wildman–Crippen LogP) is 4.17. The first kappa shape index (κ1) is 16.3. The minimum atomic E-state index is -0.280. The van der Waals surface area contributed by atoms with Crippen molar-refractivity contribution in [2.75, 3.05) is 18.5 Å². The van der Waals surface area contributed by atoms with Crippen LogP contribution in [0.15, 0.2) is 42.5 Å². The molecular formula is C17H25NO2. The van der Waals surface area contributed by atoms with Gasteiger partial charge in [0.15, 0.2) is 0 Å². The molecular weight excluding hydrogens is 250 g/mol. The van der Waals surface area contributed by atoms with Gasteiger partial charge in [0.25, 0.3) is 0 Å². The molecule has 3 nitrogen and oxygen atoms in total. The van der Waals surface area contributed by atoms with Gasteiger partial charge < -0.3 is 10.1 Å². The van der Waals surface area contributed by atoms with Crippen molar-refractivity contribution in [2.45, 2.75) is 39.0 Å². The fourth-order valence-corrected chi connectivity index (χ4v) is 1.83. The molecule has 0 amide bonds. The monoisotopic (exact) mass is 275 g/mol. The lowest BCUT2D eigenvalue weighted by Gasteiger charge is -2.06. The third-order valence-corrected chi connectivity index (χ3v) is 3.01. The van der Waals surface area contributed by atoms with Gasteiger partial charge in [0.2, 0.25) is 0 Å². The van der Waals surface area contributed by atoms with Gasteiger partial charge in [-0.1, -0.05) is 44.0 Å². The molecule has 0 fully saturated rings. The minimum absolute atomic E-state index is 0.280. The maximum Gasteiger partial charge on any atom is 0.333 e. The molecule has 3 heteroatoms. The highest BCUT2D eigenvalue weighted by Crippen LogP contribution is 2.07. The maximum atomic E-state index is 11.1. The van der Waals surface area contributed by atoms with E-state index in [2.05, 4.69) is 24.0 Å². The second-order valence-electron chi connectivity index (χ2n) is 4.98. The summed E-state index contributed by atoms with van der Waals surface area (Å²) in [6.45, 7) is 6.73. The molecule has 0 aromatic heterocycles. The molecule has 110 valence electrons. The van der Waals surface area contributed by atoms with Gasteiger partial charge in [-0.25, -0.2) is 4.79 Å². The molecule has 1 N–H and O–H groups in total. The van der Waals surface area contributed by atoms with Gasteiger partial charge in [-0.15, -0.1) is 0 Å². The molecule has 1 rings (SSSR count). The van der Waals surface area contributed by atoms with Crippen LogP contribution in [-0.4, -0.2) is 19.1 Å². The Labute approximate surface area is 122 Å². The van der Waals surface area contributed by atoms with Crippen LogP contribution in [-0.2, 0) is 9.53 Å². The fourth-order valence-electron chi connectivity index (χ4n) is 1.83. The van der Waals surface area contributed by atoms with Gasteiger partial charge in [-0.05, 0) is 31.9 Å². The van der Waals surface area contributed by atoms with E-state index in [1.54, 1.807) is 6.92 Å². The van der Waals surface area contributed by atoms with Gasteiger partial charge in [0, 0.05) is 17.8 Å². The van der Waals surface area contributed by atoms with Crippen LogP contribution >= 0.6 is 0 Å². The summed E-state index contributed by atoms with van der Waals surface area (Å²) < 4.78 is 5.04. The topological polar surface area (TPSA) is 38.3 Å². The van der Waals surface area contributed by atoms with Crippen molar-refractivity contribution in [3.05, 3.63) is 42.5 Å². The van der Waals surface area contributed by atoms with Gasteiger partial charge in [-0.3, -0.25) is 0 Å². The highest BCUT2D eigenvalue weighted by atomic mass is 16.5. The summed E-state index contributed by atoms with van der Waals surface area (Å²) in [5.41, 5.74) is 1.65. The first-order chi connectivity index (χ1) is 9.70. The van der Waals surface area contributed by atoms with E-state index >= 15 is 0 Å². The SMILES string of the molecule is C=C(C)C(=O)OCCCCCCCNc1ccccc1. The van der Waals surface area contributed by atoms with Crippen molar-refractivity contribution in [3.63, 3.8) is 0 Å². The third-order valence-electron chi connectivity index (χ3n) is 3.01. The van der Waals surface area contributed by atoms with Crippen LogP contribution in [0.1, 0.15) is 39.0 Å². The Kier molecular flexibility index (Phi) is 8.20. The van der Waals surface area contributed by atoms with Crippen LogP contribution in [0, 0.1) is 0 Å². The van der Waals surface area contributed by atoms with E-state index in [-0.39, 0.29) is 5.97 Å². The van der Waals surface area contributed by atoms with Gasteiger partial charge in [0.1, 0.15) is 0 Å². The summed E-state index contributed by atoms with van der Waals surface area (Å²) in [4.78, 5) is 11.1. The zero-order valence-corrected chi connectivity index (χ0v) is 12.4. The Hall–Kier alpha value is -1.77. The number of ether oxygens (including phenoxy) is 1. The summed E-state index contributed by atoms with van der Waals surface area (Å²) in [6, 6.07) is 10.3. The lowest BCUT2D eigenvalue weighted by atomic mass is 10.1. The highest BCUT2D eigenvalue weighted by Gasteiger charge is 2.01. The number of anilines is 1. The van der Waals surface area contributed by atoms with Crippen LogP contribution < -0.4 is 5.32 Å². The third kappa shape index (κ3) is 7.62. The van der Waals surface area contributed by atoms with E-state index in [0.717, 1.165) is 19.4 Å². The van der Waals surface area contributed by atoms with Crippen molar-refractivity contribution < 1.29 is 9.53 Å². The lowest BCUT2D eigenvalue weighted by molar-refractivity contribution is -0.139. The lowest BCUT2D eigenvalue weighted by Crippen LogP contribution is -2.06. The minimum Gasteiger partial charge on any atom is -0.462 e. The zero-order valence-electron chi connectivity index (χ0n) is 12.4. The number of carbonyl (C=O) groups is 1. The van der Waals surface area contributed by atoms with Crippen molar-refractivity contribution in [1.29, 1.82) is 0 Å². The Morgan fingerprint density at radius 1 is 1.10 bits per heavy atom. The molecule has 0 atom stereocenters. The number of para-hydroxylation sites is 1. The average molecular weight is 275 g/mol. The molecule has 0 aliphatic carbocycles. The Balaban J connectivity index is 1.88. The standard InChI is InChI=1S/C17H25NO2/c1-15(2)17(19)20-14-10-5-3-4-9-13-18-16-11-7-6-8-12-16/h6-8,11-12,18H,1,3-5,9-10,13-14H2,2H3. The second-order valence-corrected chi connectivity index (χ2v) is 4.98. The van der Waals surface area contributed by atoms with Crippen molar-refractivity contribution >= 4 is 11.7 Å². The van der Waals surface area contributed by atoms with Gasteiger partial charge in [-0.2, -0.15) is 0 Å². The van der Waals surface area contributed by atoms with Crippen LogP contribution in [0.3, 0.4) is 0 Å². The smallest absolute Gasteiger partial charge is 0.333 e. The summed E-state index contributed by atoms with van der Waals surface area (Å²) in [5, 5.41) is 3.40. The summed E-state index contributed by atoms with van der Waals surface area (Å²) in [5.74, 6) is -0.280. The van der Waals surface area contributed by atoms with E-state index in [1.165, 1.54) is 24.9 Å². The number of hydrogen-bond acceptors (Lipinski definition) is 3. The average Bonchev–Trinajstić information content (AvgIpc) is 2.46. The summed E-state index contributed by atoms with van der Waals surface area (Å²) >= 11 is 0. The molecule has 20 heavy (non-hydrogen) atoms. The highest BCUT2D eigenvalue weighted by molar-refractivity contribution is 5.86. The first-order valence-electron chi connectivity index (χ1n) is 7.31. The molecule has 0 aliphatic rings. The predicted molar refractivity (Wildman–Crippen MR) is 83.8 cm³/mol. The number of benzene rings is 1. The van der Waals surface area contributed by atoms with E-state index < -0.39 is 0 Å². The number of rotatable bonds is 10. The Bertz CT molecular complexity index is 401. The molecule has 0 bridgehead atoms. The van der Waals surface area contributed by atoms with E-state index in [9.17, 15) is 4.79 Å². The molecule has 0 radical (unpaired) electrons. The van der Waals surface area contributed by atoms with Crippen molar-refractivity contribution in [1.82, 2.24) is 0 Å². The quantitative estimate of drug-likeness (QED) is 0.396. The van der Waals surface area contributed by atoms with Crippen molar-refractivity contribution in [3.8, 4) is 0 Å². The Morgan fingerprint density at radius 2 is 1.75 bits per heavy atom. The van der Waals surface area contributed by atoms with Crippen molar-refractivity contribution in [2.24, 2.45) is 0 Å². The van der Waals surface area contributed by atoms with E-state index in [1.807, 2.05) is 18.2 Å². The van der Waals surface area contributed by atoms with Crippen LogP contribution in [0.4, 0.5) is 5.69 Å². The first-order valence-corrected chi connectivity index (χ1v) is 7.31. The molecule has 0 aliphatic heterocycles. The molecule has 0 heterocycles. The van der Waals surface area contributed by atoms with Gasteiger partial charge >= 0.3 is 5.97 Å². The van der Waals surface area contributed by atoms with E-state index in [4.69, 9.17) is 4.74 Å². The number of carbonyl (C=O) groups excluding carboxylic acids is 1.